The number of hydrogen-bond donors (Lipinski definition) is 2. The summed E-state index contributed by atoms with van der Waals surface area (Å²) >= 11 is 0. The molecule has 0 aliphatic carbocycles. The molecule has 6 heteroatoms. The molecule has 0 aliphatic rings. The van der Waals surface area contributed by atoms with E-state index in [0.717, 1.165) is 0 Å². The molecular formula is C23H23N4O2+. The maximum Gasteiger partial charge on any atom is 0.262 e. The summed E-state index contributed by atoms with van der Waals surface area (Å²) in [5.74, 6) is -0.0212. The molecule has 0 spiro atoms. The van der Waals surface area contributed by atoms with Gasteiger partial charge in [-0.15, -0.1) is 0 Å². The Balaban J connectivity index is 1.68. The summed E-state index contributed by atoms with van der Waals surface area (Å²) in [5, 5.41) is 5.01. The summed E-state index contributed by atoms with van der Waals surface area (Å²) in [5.41, 5.74) is 6.98. The number of primary amides is 1. The number of hydrogen-bond acceptors (Lipinski definition) is 3. The van der Waals surface area contributed by atoms with E-state index in [1.807, 2.05) is 24.3 Å². The average molecular weight is 387 g/mol. The Labute approximate surface area is 168 Å². The zero-order valence-corrected chi connectivity index (χ0v) is 16.2. The summed E-state index contributed by atoms with van der Waals surface area (Å²) in [6.45, 7) is 2.40. The van der Waals surface area contributed by atoms with Crippen LogP contribution in [0.3, 0.4) is 0 Å². The molecule has 146 valence electrons. The Hall–Kier alpha value is -3.51. The Bertz CT molecular complexity index is 1260. The van der Waals surface area contributed by atoms with Crippen molar-refractivity contribution in [2.75, 3.05) is 0 Å². The molecule has 3 aromatic carbocycles. The normalized spacial score (nSPS) is 12.3. The van der Waals surface area contributed by atoms with E-state index in [2.05, 4.69) is 47.6 Å². The molecular weight excluding hydrogens is 364 g/mol. The van der Waals surface area contributed by atoms with Crippen molar-refractivity contribution in [1.82, 2.24) is 9.55 Å². The molecule has 4 N–H and O–H groups in total. The number of amides is 1. The Morgan fingerprint density at radius 2 is 1.72 bits per heavy atom. The molecule has 0 saturated carbocycles. The van der Waals surface area contributed by atoms with Crippen molar-refractivity contribution in [3.63, 3.8) is 0 Å². The van der Waals surface area contributed by atoms with Crippen LogP contribution < -0.4 is 16.6 Å². The zero-order chi connectivity index (χ0) is 20.4. The third-order valence-electron chi connectivity index (χ3n) is 5.22. The van der Waals surface area contributed by atoms with Crippen LogP contribution in [0.25, 0.3) is 21.7 Å². The number of fused-ring (bicyclic) bond motifs is 2. The van der Waals surface area contributed by atoms with Crippen LogP contribution in [0.15, 0.2) is 71.5 Å². The van der Waals surface area contributed by atoms with Gasteiger partial charge in [-0.1, -0.05) is 54.6 Å². The van der Waals surface area contributed by atoms with Gasteiger partial charge in [0.05, 0.1) is 10.9 Å². The molecule has 0 radical (unpaired) electrons. The zero-order valence-electron chi connectivity index (χ0n) is 16.2. The van der Waals surface area contributed by atoms with Crippen LogP contribution in [0.2, 0.25) is 0 Å². The number of benzene rings is 3. The van der Waals surface area contributed by atoms with E-state index in [1.165, 1.54) is 20.9 Å². The van der Waals surface area contributed by atoms with Crippen LogP contribution in [0.1, 0.15) is 24.4 Å². The van der Waals surface area contributed by atoms with Crippen LogP contribution in [0.4, 0.5) is 0 Å². The van der Waals surface area contributed by atoms with Crippen molar-refractivity contribution in [1.29, 1.82) is 0 Å². The summed E-state index contributed by atoms with van der Waals surface area (Å²) < 4.78 is 1.39. The predicted octanol–water partition coefficient (Wildman–Crippen LogP) is 1.86. The van der Waals surface area contributed by atoms with Crippen LogP contribution in [-0.4, -0.2) is 15.5 Å². The second-order valence-electron chi connectivity index (χ2n) is 7.20. The lowest BCUT2D eigenvalue weighted by Crippen LogP contribution is -2.83. The molecule has 0 saturated heterocycles. The topological polar surface area (TPSA) is 94.6 Å². The van der Waals surface area contributed by atoms with Gasteiger partial charge in [0.25, 0.3) is 5.56 Å². The van der Waals surface area contributed by atoms with E-state index in [-0.39, 0.29) is 18.1 Å². The Morgan fingerprint density at radius 3 is 2.52 bits per heavy atom. The van der Waals surface area contributed by atoms with Crippen molar-refractivity contribution in [3.05, 3.63) is 88.5 Å². The highest BCUT2D eigenvalue weighted by Crippen LogP contribution is 2.22. The number of rotatable bonds is 6. The first-order chi connectivity index (χ1) is 14.0. The minimum Gasteiger partial charge on any atom is -0.368 e. The maximum absolute atomic E-state index is 12.9. The highest BCUT2D eigenvalue weighted by Gasteiger charge is 2.17. The molecule has 1 amide bonds. The molecule has 0 aliphatic heterocycles. The number of aromatic nitrogens is 2. The largest absolute Gasteiger partial charge is 0.368 e. The summed E-state index contributed by atoms with van der Waals surface area (Å²) in [6, 6.07) is 21.9. The number of carbonyl (C=O) groups is 1. The third-order valence-corrected chi connectivity index (χ3v) is 5.22. The van der Waals surface area contributed by atoms with Crippen molar-refractivity contribution in [2.45, 2.75) is 26.1 Å². The van der Waals surface area contributed by atoms with Crippen LogP contribution in [0.5, 0.6) is 0 Å². The molecule has 1 heterocycles. The fraction of sp³-hybridized carbons (Fsp3) is 0.174. The van der Waals surface area contributed by atoms with Crippen molar-refractivity contribution >= 4 is 27.6 Å². The van der Waals surface area contributed by atoms with Gasteiger partial charge in [-0.3, -0.25) is 14.2 Å². The van der Waals surface area contributed by atoms with Crippen molar-refractivity contribution in [3.8, 4) is 0 Å². The lowest BCUT2D eigenvalue weighted by atomic mass is 10.00. The summed E-state index contributed by atoms with van der Waals surface area (Å²) in [4.78, 5) is 29.1. The standard InChI is InChI=1S/C23H22N4O2/c1-15(17-11-6-8-16-7-2-3-9-18(16)17)25-13-22-26-20-12-5-4-10-19(20)23(29)27(22)14-21(24)28/h2-12,15,25H,13-14H2,1H3,(H2,24,28)/p+1/t15-/m1/s1. The van der Waals surface area contributed by atoms with Gasteiger partial charge in [-0.2, -0.15) is 0 Å². The second kappa shape index (κ2) is 7.85. The van der Waals surface area contributed by atoms with Crippen LogP contribution in [-0.2, 0) is 17.9 Å². The summed E-state index contributed by atoms with van der Waals surface area (Å²) in [7, 11) is 0. The highest BCUT2D eigenvalue weighted by molar-refractivity contribution is 5.85. The second-order valence-corrected chi connectivity index (χ2v) is 7.20. The molecule has 6 nitrogen and oxygen atoms in total. The quantitative estimate of drug-likeness (QED) is 0.529. The molecule has 0 unspecified atom stereocenters. The van der Waals surface area contributed by atoms with Gasteiger partial charge in [-0.25, -0.2) is 4.98 Å². The van der Waals surface area contributed by atoms with Gasteiger partial charge in [0.1, 0.15) is 19.1 Å². The minimum absolute atomic E-state index is 0.145. The van der Waals surface area contributed by atoms with Crippen molar-refractivity contribution < 1.29 is 10.1 Å². The van der Waals surface area contributed by atoms with E-state index in [0.29, 0.717) is 23.3 Å². The van der Waals surface area contributed by atoms with E-state index in [1.54, 1.807) is 12.1 Å². The van der Waals surface area contributed by atoms with E-state index in [9.17, 15) is 9.59 Å². The molecule has 0 bridgehead atoms. The number of para-hydroxylation sites is 1. The maximum atomic E-state index is 12.9. The van der Waals surface area contributed by atoms with Gasteiger partial charge in [-0.05, 0) is 29.8 Å². The molecule has 1 atom stereocenters. The fourth-order valence-electron chi connectivity index (χ4n) is 3.75. The molecule has 1 aromatic heterocycles. The lowest BCUT2D eigenvalue weighted by molar-refractivity contribution is -0.708. The first kappa shape index (κ1) is 18.8. The van der Waals surface area contributed by atoms with Gasteiger partial charge in [0, 0.05) is 5.56 Å². The number of nitrogens with zero attached hydrogens (tertiary/aromatic N) is 2. The van der Waals surface area contributed by atoms with E-state index >= 15 is 0 Å². The van der Waals surface area contributed by atoms with Gasteiger partial charge >= 0.3 is 0 Å². The minimum atomic E-state index is -0.562. The Kier molecular flexibility index (Phi) is 5.10. The Morgan fingerprint density at radius 1 is 1.03 bits per heavy atom. The van der Waals surface area contributed by atoms with Gasteiger partial charge in [0.2, 0.25) is 5.91 Å². The van der Waals surface area contributed by atoms with Gasteiger partial charge < -0.3 is 11.1 Å². The van der Waals surface area contributed by atoms with Crippen LogP contribution in [0, 0.1) is 0 Å². The number of nitrogens with two attached hydrogens (primary N) is 2. The molecule has 4 rings (SSSR count). The van der Waals surface area contributed by atoms with E-state index < -0.39 is 5.91 Å². The first-order valence-corrected chi connectivity index (χ1v) is 9.62. The van der Waals surface area contributed by atoms with Crippen molar-refractivity contribution in [2.24, 2.45) is 5.73 Å². The number of carbonyl (C=O) groups excluding carboxylic acids is 1. The van der Waals surface area contributed by atoms with Gasteiger partial charge in [0.15, 0.2) is 5.82 Å². The smallest absolute Gasteiger partial charge is 0.262 e. The SMILES string of the molecule is C[C@@H]([NH2+]Cc1nc2ccccc2c(=O)n1CC(N)=O)c1cccc2ccccc12. The molecule has 29 heavy (non-hydrogen) atoms. The number of quaternary nitrogens is 1. The first-order valence-electron chi connectivity index (χ1n) is 9.62. The fourth-order valence-corrected chi connectivity index (χ4v) is 3.75. The lowest BCUT2D eigenvalue weighted by Gasteiger charge is -2.16. The highest BCUT2D eigenvalue weighted by atomic mass is 16.2. The van der Waals surface area contributed by atoms with E-state index in [4.69, 9.17) is 5.73 Å². The summed E-state index contributed by atoms with van der Waals surface area (Å²) in [6.07, 6.45) is 0. The third kappa shape index (κ3) is 3.75. The average Bonchev–Trinajstić information content (AvgIpc) is 2.73. The molecule has 0 fully saturated rings. The predicted molar refractivity (Wildman–Crippen MR) is 113 cm³/mol. The van der Waals surface area contributed by atoms with Crippen LogP contribution >= 0.6 is 0 Å². The monoisotopic (exact) mass is 387 g/mol. The molecule has 4 aromatic rings.